The summed E-state index contributed by atoms with van der Waals surface area (Å²) in [6.45, 7) is 3.68. The Bertz CT molecular complexity index is 1420. The average molecular weight is 433 g/mol. The van der Waals surface area contributed by atoms with Gasteiger partial charge in [-0.25, -0.2) is 9.07 Å². The van der Waals surface area contributed by atoms with Gasteiger partial charge >= 0.3 is 0 Å². The number of tetrazole rings is 1. The first-order valence-corrected chi connectivity index (χ1v) is 10.2. The monoisotopic (exact) mass is 433 g/mol. The van der Waals surface area contributed by atoms with Gasteiger partial charge in [-0.1, -0.05) is 6.07 Å². The number of benzene rings is 2. The van der Waals surface area contributed by atoms with Crippen LogP contribution < -0.4 is 5.32 Å². The summed E-state index contributed by atoms with van der Waals surface area (Å²) in [5.74, 6) is 0.111. The lowest BCUT2D eigenvalue weighted by atomic mass is 10.2. The van der Waals surface area contributed by atoms with Crippen LogP contribution in [0.2, 0.25) is 0 Å². The number of rotatable bonds is 4. The van der Waals surface area contributed by atoms with Crippen molar-refractivity contribution in [3.05, 3.63) is 76.8 Å². The van der Waals surface area contributed by atoms with Crippen LogP contribution in [-0.4, -0.2) is 35.9 Å². The molecule has 0 atom stereocenters. The molecule has 10 heteroatoms. The van der Waals surface area contributed by atoms with Gasteiger partial charge in [0.05, 0.1) is 21.9 Å². The van der Waals surface area contributed by atoms with E-state index < -0.39 is 0 Å². The van der Waals surface area contributed by atoms with Gasteiger partial charge in [-0.05, 0) is 72.8 Å². The summed E-state index contributed by atoms with van der Waals surface area (Å²) in [4.78, 5) is 14.3. The first kappa shape index (κ1) is 19.1. The number of fused-ring (bicyclic) bond motifs is 1. The highest BCUT2D eigenvalue weighted by Crippen LogP contribution is 2.31. The van der Waals surface area contributed by atoms with Gasteiger partial charge in [0.1, 0.15) is 10.6 Å². The second kappa shape index (κ2) is 7.40. The Hall–Kier alpha value is -3.92. The van der Waals surface area contributed by atoms with Crippen molar-refractivity contribution in [1.29, 1.82) is 0 Å². The van der Waals surface area contributed by atoms with Gasteiger partial charge in [0.25, 0.3) is 5.91 Å². The molecule has 0 spiro atoms. The minimum Gasteiger partial charge on any atom is -0.321 e. The molecule has 0 aliphatic rings. The van der Waals surface area contributed by atoms with E-state index in [4.69, 9.17) is 0 Å². The third-order valence-corrected chi connectivity index (χ3v) is 5.92. The molecule has 5 rings (SSSR count). The van der Waals surface area contributed by atoms with Crippen LogP contribution in [0.4, 0.5) is 10.1 Å². The predicted octanol–water partition coefficient (Wildman–Crippen LogP) is 4.07. The number of hydrogen-bond acceptors (Lipinski definition) is 6. The minimum atomic E-state index is -0.311. The molecule has 31 heavy (non-hydrogen) atoms. The van der Waals surface area contributed by atoms with Crippen molar-refractivity contribution in [1.82, 2.24) is 30.0 Å². The lowest BCUT2D eigenvalue weighted by Gasteiger charge is -2.07. The number of nitrogens with one attached hydrogen (secondary N) is 1. The van der Waals surface area contributed by atoms with E-state index in [1.807, 2.05) is 25.1 Å². The molecule has 154 valence electrons. The van der Waals surface area contributed by atoms with E-state index in [0.29, 0.717) is 16.4 Å². The average Bonchev–Trinajstić information content (AvgIpc) is 3.46. The number of carbonyl (C=O) groups is 1. The summed E-state index contributed by atoms with van der Waals surface area (Å²) >= 11 is 1.33. The number of hydrogen-bond donors (Lipinski definition) is 1. The van der Waals surface area contributed by atoms with Gasteiger partial charge in [0.15, 0.2) is 5.82 Å². The lowest BCUT2D eigenvalue weighted by molar-refractivity contribution is 0.103. The summed E-state index contributed by atoms with van der Waals surface area (Å²) < 4.78 is 16.6. The molecule has 0 aliphatic carbocycles. The molecule has 3 aromatic heterocycles. The first-order chi connectivity index (χ1) is 15.0. The number of aromatic nitrogens is 6. The maximum absolute atomic E-state index is 13.3. The van der Waals surface area contributed by atoms with Crippen molar-refractivity contribution >= 4 is 33.1 Å². The first-order valence-electron chi connectivity index (χ1n) is 9.41. The number of amides is 1. The number of carbonyl (C=O) groups excluding carboxylic acids is 1. The molecule has 0 fully saturated rings. The van der Waals surface area contributed by atoms with Crippen LogP contribution >= 0.6 is 11.3 Å². The fourth-order valence-electron chi connectivity index (χ4n) is 3.29. The summed E-state index contributed by atoms with van der Waals surface area (Å²) in [7, 11) is 0. The smallest absolute Gasteiger partial charge is 0.265 e. The zero-order valence-corrected chi connectivity index (χ0v) is 17.4. The van der Waals surface area contributed by atoms with Crippen molar-refractivity contribution in [2.75, 3.05) is 5.32 Å². The lowest BCUT2D eigenvalue weighted by Crippen LogP contribution is -2.10. The number of nitrogens with zero attached hydrogens (tertiary/aromatic N) is 6. The van der Waals surface area contributed by atoms with Crippen LogP contribution in [0.5, 0.6) is 0 Å². The summed E-state index contributed by atoms with van der Waals surface area (Å²) in [6.07, 6.45) is 0. The Morgan fingerprint density at radius 2 is 1.84 bits per heavy atom. The van der Waals surface area contributed by atoms with Crippen LogP contribution in [0.25, 0.3) is 21.6 Å². The second-order valence-electron chi connectivity index (χ2n) is 6.95. The van der Waals surface area contributed by atoms with Crippen LogP contribution in [-0.2, 0) is 0 Å². The Labute approximate surface area is 179 Å². The molecule has 0 bridgehead atoms. The van der Waals surface area contributed by atoms with E-state index in [9.17, 15) is 9.18 Å². The third kappa shape index (κ3) is 3.46. The highest BCUT2D eigenvalue weighted by Gasteiger charge is 2.18. The SMILES string of the molecule is Cc1nn(-c2ccc(F)cc2)c2sc(C(=O)Nc3cccc(-n4nnnc4C)c3)cc12. The maximum atomic E-state index is 13.3. The van der Waals surface area contributed by atoms with E-state index in [-0.39, 0.29) is 11.7 Å². The molecule has 0 unspecified atom stereocenters. The fraction of sp³-hybridized carbons (Fsp3) is 0.0952. The maximum Gasteiger partial charge on any atom is 0.265 e. The van der Waals surface area contributed by atoms with Crippen LogP contribution in [0.3, 0.4) is 0 Å². The number of aryl methyl sites for hydroxylation is 2. The Kier molecular flexibility index (Phi) is 4.55. The molecule has 1 amide bonds. The molecule has 8 nitrogen and oxygen atoms in total. The normalized spacial score (nSPS) is 11.2. The Morgan fingerprint density at radius 1 is 1.03 bits per heavy atom. The van der Waals surface area contributed by atoms with Gasteiger partial charge < -0.3 is 5.32 Å². The zero-order valence-electron chi connectivity index (χ0n) is 16.6. The van der Waals surface area contributed by atoms with Gasteiger partial charge in [0, 0.05) is 11.1 Å². The van der Waals surface area contributed by atoms with Crippen LogP contribution in [0.15, 0.2) is 54.6 Å². The summed E-state index contributed by atoms with van der Waals surface area (Å²) in [6, 6.07) is 15.2. The standard InChI is InChI=1S/C21H16FN7OS/c1-12-18-11-19(31-21(18)29(25-12)16-8-6-14(22)7-9-16)20(30)23-15-4-3-5-17(10-15)28-13(2)24-26-27-28/h3-11H,1-2H3,(H,23,30). The number of halogens is 1. The van der Waals surface area contributed by atoms with Gasteiger partial charge in [-0.2, -0.15) is 9.78 Å². The van der Waals surface area contributed by atoms with Gasteiger partial charge in [-0.3, -0.25) is 4.79 Å². The minimum absolute atomic E-state index is 0.225. The molecule has 1 N–H and O–H groups in total. The molecular weight excluding hydrogens is 417 g/mol. The number of thiophene rings is 1. The van der Waals surface area contributed by atoms with E-state index in [1.165, 1.54) is 23.5 Å². The van der Waals surface area contributed by atoms with Crippen molar-refractivity contribution in [2.24, 2.45) is 0 Å². The van der Waals surface area contributed by atoms with Crippen molar-refractivity contribution in [2.45, 2.75) is 13.8 Å². The zero-order chi connectivity index (χ0) is 21.5. The molecule has 0 saturated carbocycles. The highest BCUT2D eigenvalue weighted by atomic mass is 32.1. The summed E-state index contributed by atoms with van der Waals surface area (Å²) in [5, 5.41) is 19.8. The van der Waals surface area contributed by atoms with Crippen molar-refractivity contribution < 1.29 is 9.18 Å². The van der Waals surface area contributed by atoms with Crippen LogP contribution in [0.1, 0.15) is 21.2 Å². The van der Waals surface area contributed by atoms with Crippen molar-refractivity contribution in [3.8, 4) is 11.4 Å². The predicted molar refractivity (Wildman–Crippen MR) is 115 cm³/mol. The Balaban J connectivity index is 1.45. The molecule has 3 heterocycles. The highest BCUT2D eigenvalue weighted by molar-refractivity contribution is 7.20. The summed E-state index contributed by atoms with van der Waals surface area (Å²) in [5.41, 5.74) is 2.91. The third-order valence-electron chi connectivity index (χ3n) is 4.81. The quantitative estimate of drug-likeness (QED) is 0.461. The molecule has 2 aromatic carbocycles. The van der Waals surface area contributed by atoms with Crippen LogP contribution in [0, 0.1) is 19.7 Å². The Morgan fingerprint density at radius 3 is 2.58 bits per heavy atom. The second-order valence-corrected chi connectivity index (χ2v) is 7.98. The van der Waals surface area contributed by atoms with E-state index >= 15 is 0 Å². The van der Waals surface area contributed by atoms with Crippen molar-refractivity contribution in [3.63, 3.8) is 0 Å². The fourth-order valence-corrected chi connectivity index (χ4v) is 4.37. The number of anilines is 1. The largest absolute Gasteiger partial charge is 0.321 e. The molecule has 5 aromatic rings. The van der Waals surface area contributed by atoms with E-state index in [1.54, 1.807) is 40.6 Å². The molecule has 0 radical (unpaired) electrons. The van der Waals surface area contributed by atoms with Gasteiger partial charge in [-0.15, -0.1) is 16.4 Å². The molecule has 0 saturated heterocycles. The molecular formula is C21H16FN7OS. The van der Waals surface area contributed by atoms with Gasteiger partial charge in [0.2, 0.25) is 0 Å². The van der Waals surface area contributed by atoms with E-state index in [0.717, 1.165) is 27.3 Å². The molecule has 0 aliphatic heterocycles. The topological polar surface area (TPSA) is 90.5 Å². The van der Waals surface area contributed by atoms with E-state index in [2.05, 4.69) is 25.9 Å².